The Balaban J connectivity index is 2.07. The summed E-state index contributed by atoms with van der Waals surface area (Å²) in [6.45, 7) is 4.03. The maximum absolute atomic E-state index is 12.2. The van der Waals surface area contributed by atoms with Crippen molar-refractivity contribution in [1.82, 2.24) is 14.5 Å². The Kier molecular flexibility index (Phi) is 5.97. The standard InChI is InChI=1S/C16H27N3O2S/c1-17-11-15-7-5-9-19(13-15)12-14-6-4-8-16(10-14)22(20,21)18(2)3/h4,6,8,10,15,17H,5,7,9,11-13H2,1-3H3. The van der Waals surface area contributed by atoms with E-state index in [1.54, 1.807) is 26.2 Å². The molecule has 22 heavy (non-hydrogen) atoms. The van der Waals surface area contributed by atoms with Crippen LogP contribution in [0.3, 0.4) is 0 Å². The van der Waals surface area contributed by atoms with Crippen LogP contribution in [-0.4, -0.2) is 58.4 Å². The number of likely N-dealkylation sites (tertiary alicyclic amines) is 1. The Morgan fingerprint density at radius 2 is 2.14 bits per heavy atom. The van der Waals surface area contributed by atoms with E-state index in [0.717, 1.165) is 31.7 Å². The molecule has 5 nitrogen and oxygen atoms in total. The molecule has 1 fully saturated rings. The Labute approximate surface area is 134 Å². The SMILES string of the molecule is CNCC1CCCN(Cc2cccc(S(=O)(=O)N(C)C)c2)C1. The number of sulfonamides is 1. The van der Waals surface area contributed by atoms with Crippen LogP contribution < -0.4 is 5.32 Å². The molecule has 1 aromatic carbocycles. The first-order chi connectivity index (χ1) is 10.4. The van der Waals surface area contributed by atoms with Crippen molar-refractivity contribution in [3.05, 3.63) is 29.8 Å². The molecule has 1 saturated heterocycles. The highest BCUT2D eigenvalue weighted by Gasteiger charge is 2.21. The van der Waals surface area contributed by atoms with Crippen LogP contribution in [0.4, 0.5) is 0 Å². The van der Waals surface area contributed by atoms with Gasteiger partial charge in [-0.05, 0) is 56.6 Å². The number of nitrogens with zero attached hydrogens (tertiary/aromatic N) is 2. The zero-order chi connectivity index (χ0) is 16.2. The lowest BCUT2D eigenvalue weighted by atomic mass is 9.97. The summed E-state index contributed by atoms with van der Waals surface area (Å²) < 4.78 is 25.7. The number of rotatable bonds is 6. The molecular formula is C16H27N3O2S. The molecule has 0 radical (unpaired) electrons. The largest absolute Gasteiger partial charge is 0.319 e. The minimum Gasteiger partial charge on any atom is -0.319 e. The second-order valence-corrected chi connectivity index (χ2v) is 8.39. The summed E-state index contributed by atoms with van der Waals surface area (Å²) >= 11 is 0. The summed E-state index contributed by atoms with van der Waals surface area (Å²) in [6.07, 6.45) is 2.48. The summed E-state index contributed by atoms with van der Waals surface area (Å²) in [4.78, 5) is 2.80. The molecule has 1 aromatic rings. The summed E-state index contributed by atoms with van der Waals surface area (Å²) in [7, 11) is 1.77. The average molecular weight is 325 g/mol. The van der Waals surface area contributed by atoms with Gasteiger partial charge < -0.3 is 5.32 Å². The molecule has 1 aliphatic heterocycles. The van der Waals surface area contributed by atoms with E-state index < -0.39 is 10.0 Å². The zero-order valence-corrected chi connectivity index (χ0v) is 14.6. The van der Waals surface area contributed by atoms with E-state index >= 15 is 0 Å². The van der Waals surface area contributed by atoms with E-state index in [-0.39, 0.29) is 0 Å². The minimum atomic E-state index is -3.35. The Hall–Kier alpha value is -0.950. The third-order valence-electron chi connectivity index (χ3n) is 4.18. The van der Waals surface area contributed by atoms with Crippen molar-refractivity contribution < 1.29 is 8.42 Å². The Bertz CT molecular complexity index is 585. The van der Waals surface area contributed by atoms with Gasteiger partial charge in [-0.2, -0.15) is 0 Å². The van der Waals surface area contributed by atoms with E-state index in [0.29, 0.717) is 10.8 Å². The molecule has 0 aromatic heterocycles. The van der Waals surface area contributed by atoms with Gasteiger partial charge in [0.25, 0.3) is 0 Å². The van der Waals surface area contributed by atoms with Gasteiger partial charge in [-0.25, -0.2) is 12.7 Å². The highest BCUT2D eigenvalue weighted by Crippen LogP contribution is 2.20. The average Bonchev–Trinajstić information content (AvgIpc) is 2.48. The summed E-state index contributed by atoms with van der Waals surface area (Å²) in [6, 6.07) is 7.31. The second kappa shape index (κ2) is 7.55. The summed E-state index contributed by atoms with van der Waals surface area (Å²) in [5.74, 6) is 0.687. The molecular weight excluding hydrogens is 298 g/mol. The first-order valence-corrected chi connectivity index (χ1v) is 9.26. The third kappa shape index (κ3) is 4.29. The maximum Gasteiger partial charge on any atom is 0.242 e. The minimum absolute atomic E-state index is 0.374. The Morgan fingerprint density at radius 1 is 1.36 bits per heavy atom. The lowest BCUT2D eigenvalue weighted by Gasteiger charge is -2.32. The molecule has 1 heterocycles. The normalized spacial score (nSPS) is 20.5. The predicted octanol–water partition coefficient (Wildman–Crippen LogP) is 1.37. The van der Waals surface area contributed by atoms with Crippen molar-refractivity contribution in [1.29, 1.82) is 0 Å². The van der Waals surface area contributed by atoms with Crippen LogP contribution in [0.15, 0.2) is 29.2 Å². The first kappa shape index (κ1) is 17.4. The maximum atomic E-state index is 12.2. The van der Waals surface area contributed by atoms with Crippen LogP contribution in [0.2, 0.25) is 0 Å². The highest BCUT2D eigenvalue weighted by molar-refractivity contribution is 7.89. The molecule has 0 bridgehead atoms. The van der Waals surface area contributed by atoms with Crippen molar-refractivity contribution in [3.63, 3.8) is 0 Å². The molecule has 1 N–H and O–H groups in total. The number of nitrogens with one attached hydrogen (secondary N) is 1. The smallest absolute Gasteiger partial charge is 0.242 e. The van der Waals surface area contributed by atoms with Crippen LogP contribution >= 0.6 is 0 Å². The molecule has 2 rings (SSSR count). The number of hydrogen-bond acceptors (Lipinski definition) is 4. The van der Waals surface area contributed by atoms with Gasteiger partial charge in [-0.15, -0.1) is 0 Å². The topological polar surface area (TPSA) is 52.7 Å². The van der Waals surface area contributed by atoms with Gasteiger partial charge in [0, 0.05) is 27.2 Å². The van der Waals surface area contributed by atoms with Gasteiger partial charge in [0.15, 0.2) is 0 Å². The van der Waals surface area contributed by atoms with Crippen LogP contribution in [0, 0.1) is 5.92 Å². The fourth-order valence-electron chi connectivity index (χ4n) is 3.02. The Morgan fingerprint density at radius 3 is 2.82 bits per heavy atom. The van der Waals surface area contributed by atoms with Gasteiger partial charge >= 0.3 is 0 Å². The van der Waals surface area contributed by atoms with Crippen LogP contribution in [0.5, 0.6) is 0 Å². The quantitative estimate of drug-likeness (QED) is 0.858. The van der Waals surface area contributed by atoms with Gasteiger partial charge in [-0.3, -0.25) is 4.90 Å². The molecule has 124 valence electrons. The molecule has 0 aliphatic carbocycles. The second-order valence-electron chi connectivity index (χ2n) is 6.24. The molecule has 6 heteroatoms. The predicted molar refractivity (Wildman–Crippen MR) is 89.2 cm³/mol. The van der Waals surface area contributed by atoms with Gasteiger partial charge in [0.2, 0.25) is 10.0 Å². The molecule has 1 aliphatic rings. The van der Waals surface area contributed by atoms with Gasteiger partial charge in [0.05, 0.1) is 4.90 Å². The monoisotopic (exact) mass is 325 g/mol. The van der Waals surface area contributed by atoms with Crippen LogP contribution in [0.25, 0.3) is 0 Å². The molecule has 0 spiro atoms. The lowest BCUT2D eigenvalue weighted by molar-refractivity contribution is 0.167. The van der Waals surface area contributed by atoms with Crippen LogP contribution in [0.1, 0.15) is 18.4 Å². The van der Waals surface area contributed by atoms with Crippen molar-refractivity contribution >= 4 is 10.0 Å². The van der Waals surface area contributed by atoms with Crippen molar-refractivity contribution in [2.24, 2.45) is 5.92 Å². The van der Waals surface area contributed by atoms with Gasteiger partial charge in [0.1, 0.15) is 0 Å². The number of piperidine rings is 1. The van der Waals surface area contributed by atoms with E-state index in [9.17, 15) is 8.42 Å². The molecule has 0 saturated carbocycles. The molecule has 1 atom stereocenters. The van der Waals surface area contributed by atoms with E-state index in [2.05, 4.69) is 10.2 Å². The van der Waals surface area contributed by atoms with E-state index in [1.165, 1.54) is 17.1 Å². The van der Waals surface area contributed by atoms with E-state index in [4.69, 9.17) is 0 Å². The fourth-order valence-corrected chi connectivity index (χ4v) is 4.00. The fraction of sp³-hybridized carbons (Fsp3) is 0.625. The number of benzene rings is 1. The summed E-state index contributed by atoms with van der Waals surface area (Å²) in [5.41, 5.74) is 1.06. The zero-order valence-electron chi connectivity index (χ0n) is 13.7. The van der Waals surface area contributed by atoms with Crippen molar-refractivity contribution in [2.45, 2.75) is 24.3 Å². The van der Waals surface area contributed by atoms with E-state index in [1.807, 2.05) is 19.2 Å². The highest BCUT2D eigenvalue weighted by atomic mass is 32.2. The number of hydrogen-bond donors (Lipinski definition) is 1. The lowest BCUT2D eigenvalue weighted by Crippen LogP contribution is -2.38. The summed E-state index contributed by atoms with van der Waals surface area (Å²) in [5, 5.41) is 3.25. The molecule has 0 amide bonds. The third-order valence-corrected chi connectivity index (χ3v) is 5.99. The van der Waals surface area contributed by atoms with Crippen molar-refractivity contribution in [2.75, 3.05) is 40.8 Å². The molecule has 1 unspecified atom stereocenters. The van der Waals surface area contributed by atoms with Crippen molar-refractivity contribution in [3.8, 4) is 0 Å². The van der Waals surface area contributed by atoms with Crippen LogP contribution in [-0.2, 0) is 16.6 Å². The van der Waals surface area contributed by atoms with Gasteiger partial charge in [-0.1, -0.05) is 12.1 Å². The first-order valence-electron chi connectivity index (χ1n) is 7.82.